The molecule has 4 unspecified atom stereocenters. The summed E-state index contributed by atoms with van der Waals surface area (Å²) in [5, 5.41) is 66.5. The van der Waals surface area contributed by atoms with E-state index in [0.717, 1.165) is 156 Å². The summed E-state index contributed by atoms with van der Waals surface area (Å²) in [7, 11) is 4.58. The Labute approximate surface area is 893 Å². The number of aryl methyl sites for hydroxylation is 6. The van der Waals surface area contributed by atoms with E-state index in [1.54, 1.807) is 45.6 Å². The van der Waals surface area contributed by atoms with E-state index in [2.05, 4.69) is 272 Å². The van der Waals surface area contributed by atoms with Crippen LogP contribution in [0.5, 0.6) is 17.6 Å². The van der Waals surface area contributed by atoms with E-state index in [4.69, 9.17) is 14.2 Å². The molecule has 2 saturated carbocycles. The van der Waals surface area contributed by atoms with Crippen LogP contribution in [-0.4, -0.2) is 142 Å². The van der Waals surface area contributed by atoms with E-state index in [1.807, 2.05) is 96.1 Å². The van der Waals surface area contributed by atoms with Crippen molar-refractivity contribution in [2.75, 3.05) is 21.3 Å². The van der Waals surface area contributed by atoms with E-state index >= 15 is 0 Å². The van der Waals surface area contributed by atoms with Crippen LogP contribution in [0.3, 0.4) is 0 Å². The molecule has 6 aliphatic rings. The summed E-state index contributed by atoms with van der Waals surface area (Å²) in [4.78, 5) is 65.9. The van der Waals surface area contributed by atoms with Gasteiger partial charge >= 0.3 is 90.4 Å². The molecular weight excluding hydrogens is 2560 g/mol. The molecule has 4 bridgehead atoms. The summed E-state index contributed by atoms with van der Waals surface area (Å²) in [5.74, 6) is 2.40. The van der Waals surface area contributed by atoms with Crippen LogP contribution in [0.25, 0.3) is 91.1 Å². The Balaban J connectivity index is 0.000000157. The third kappa shape index (κ3) is 24.1. The van der Waals surface area contributed by atoms with Crippen molar-refractivity contribution in [3.8, 4) is 109 Å². The minimum absolute atomic E-state index is 0. The molecule has 0 spiro atoms. The van der Waals surface area contributed by atoms with Gasteiger partial charge < -0.3 is 95.8 Å². The van der Waals surface area contributed by atoms with Crippen LogP contribution in [-0.2, 0) is 136 Å². The molecule has 764 valence electrons. The number of halogens is 3. The van der Waals surface area contributed by atoms with Crippen molar-refractivity contribution in [1.29, 1.82) is 0 Å². The maximum absolute atomic E-state index is 12.3. The summed E-state index contributed by atoms with van der Waals surface area (Å²) < 4.78 is 52.0. The second-order valence-electron chi connectivity index (χ2n) is 40.9. The number of fused-ring (bicyclic) bond motifs is 12. The van der Waals surface area contributed by atoms with Gasteiger partial charge in [-0.15, -0.1) is 0 Å². The van der Waals surface area contributed by atoms with Gasteiger partial charge in [-0.2, -0.15) is 13.2 Å². The number of ether oxygens (including phenoxy) is 3. The predicted molar refractivity (Wildman–Crippen MR) is 517 cm³/mol. The molecule has 16 aromatic heterocycles. The second-order valence-corrected chi connectivity index (χ2v) is 40.9. The van der Waals surface area contributed by atoms with Crippen LogP contribution in [0, 0.1) is 52.4 Å². The van der Waals surface area contributed by atoms with Gasteiger partial charge in [0.05, 0.1) is 66.9 Å². The first-order valence-corrected chi connectivity index (χ1v) is 46.6. The van der Waals surface area contributed by atoms with Gasteiger partial charge in [0.25, 0.3) is 0 Å². The summed E-state index contributed by atoms with van der Waals surface area (Å²) in [6.45, 7) is 47.5. The number of methoxy groups -OCH3 is 3. The fourth-order valence-electron chi connectivity index (χ4n) is 19.0. The second kappa shape index (κ2) is 45.5. The zero-order valence-electron chi connectivity index (χ0n) is 85.2. The Bertz CT molecular complexity index is 6840. The summed E-state index contributed by atoms with van der Waals surface area (Å²) in [6, 6.07) is 21.4. The van der Waals surface area contributed by atoms with Crippen molar-refractivity contribution < 1.29 is 112 Å². The van der Waals surface area contributed by atoms with Gasteiger partial charge in [-0.1, -0.05) is 175 Å². The molecule has 16 aromatic rings. The molecule has 2 fully saturated rings. The molecule has 35 nitrogen and oxygen atoms in total. The molecular formula is C102H117F3N32O3Pt4. The summed E-state index contributed by atoms with van der Waals surface area (Å²) >= 11 is 0. The number of hydrogen-bond acceptors (Lipinski definition) is 27. The van der Waals surface area contributed by atoms with E-state index in [9.17, 15) is 13.2 Å². The monoisotopic (exact) mass is 2670 g/mol. The van der Waals surface area contributed by atoms with Crippen LogP contribution < -0.4 is 55.0 Å². The molecule has 0 saturated heterocycles. The van der Waals surface area contributed by atoms with E-state index in [0.29, 0.717) is 23.6 Å². The van der Waals surface area contributed by atoms with Crippen LogP contribution in [0.15, 0.2) is 123 Å². The van der Waals surface area contributed by atoms with Gasteiger partial charge in [-0.3, -0.25) is 0 Å². The molecule has 0 radical (unpaired) electrons. The Kier molecular flexibility index (Phi) is 35.6. The SMILES string of the molecule is COc1cc(-c2[n-]nc3c2C2CCC3(C)C2(C)C)ncn1.COc1cc(-c2cc(C(C)(C)C)n[n-]2)ncn1.COc1cc(-c2cc(C(F)(F)F)n[n-]2)ncn1.Cc1cc(-c2[n-]nc3c2C2CCC3(C)C2(C)C)ncn1.Cc1cc(-c2[n-]nc3c2CCCC3(C)C)ncn1.Cc1cc(-c2[n-]nc3c2CCCC3(C)C)ncn1.Cc1cc(-c2cc(C(C)(C)C)n[n-]2)ncn1.Cc1cc(-c2cc(C)n[n-]2)ncn1.[Pt+2].[Pt+2].[Pt+2].[Pt+2]. The molecule has 0 N–H and O–H groups in total. The number of nitrogens with zero attached hydrogens (tertiary/aromatic N) is 32. The Morgan fingerprint density at radius 3 is 0.868 bits per heavy atom. The van der Waals surface area contributed by atoms with E-state index in [1.165, 1.54) is 123 Å². The standard InChI is InChI=1S/C16H19N4O.C16H19N4.2C14H17N4.C12H15N4O.C12H15N4.C9H6F3N4O.C9H9N4.4Pt/c1-15(2)9-5-6-16(15,3)14-12(9)13(19-20-14)10-7-11(21-4)18-8-17-10;1-9-7-11(18-8-17-9)13-12-10-5-6-16(4,15(10,2)3)14(12)20-19-13;2*1-9-7-11(16-8-15-9)12-10-5-4-6-14(2,3)13(10)18-17-12;1-12(2,3)10-5-9(15-16-10)8-6-11(17-4)14-7-13-8;1-8-5-9(14-7-13-8)10-6-11(16-15-10)12(2,3)4;1-17-8-3-5(13-4-14-8)6-2-7(16-15-6)9(10,11)12;1-6-3-8(11-5-10-6)9-4-7(2)12-13-9;;;;/h7-9H,5-6H2,1-4H3;7-8,10H,5-6H2,1-4H3;2*7-8H,4-6H2,1-3H3;5-7H,1-4H3;5-7H,1-4H3;2-4H,1H3;3-5H,1-2H3;;;;/q8*-1;4*+2. The van der Waals surface area contributed by atoms with Gasteiger partial charge in [-0.25, -0.2) is 79.7 Å². The van der Waals surface area contributed by atoms with Gasteiger partial charge in [0, 0.05) is 119 Å². The Morgan fingerprint density at radius 1 is 0.292 bits per heavy atom. The maximum atomic E-state index is 12.3. The fourth-order valence-corrected chi connectivity index (χ4v) is 19.0. The molecule has 0 aromatic carbocycles. The van der Waals surface area contributed by atoms with Crippen molar-refractivity contribution in [2.45, 2.75) is 267 Å². The first kappa shape index (κ1) is 113. The van der Waals surface area contributed by atoms with E-state index in [-0.39, 0.29) is 145 Å². The van der Waals surface area contributed by atoms with Crippen LogP contribution in [0.2, 0.25) is 0 Å². The molecule has 6 aliphatic carbocycles. The van der Waals surface area contributed by atoms with Crippen molar-refractivity contribution in [3.63, 3.8) is 0 Å². The van der Waals surface area contributed by atoms with Crippen LogP contribution in [0.1, 0.15) is 270 Å². The number of rotatable bonds is 11. The topological polar surface area (TPSA) is 450 Å². The predicted octanol–water partition coefficient (Wildman–Crippen LogP) is 17.0. The first-order valence-electron chi connectivity index (χ1n) is 46.6. The largest absolute Gasteiger partial charge is 2.00 e. The van der Waals surface area contributed by atoms with Gasteiger partial charge in [0.15, 0.2) is 0 Å². The van der Waals surface area contributed by atoms with E-state index < -0.39 is 11.9 Å². The average molecular weight is 2680 g/mol. The molecule has 22 rings (SSSR count). The molecule has 4 atom stereocenters. The zero-order chi connectivity index (χ0) is 100. The quantitative estimate of drug-likeness (QED) is 0.116. The van der Waals surface area contributed by atoms with Crippen LogP contribution >= 0.6 is 0 Å². The number of alkyl halides is 3. The maximum Gasteiger partial charge on any atom is 2.00 e. The minimum atomic E-state index is -4.51. The average Bonchev–Trinajstić information content (AvgIpc) is 1.52. The summed E-state index contributed by atoms with van der Waals surface area (Å²) in [5.41, 5.74) is 29.9. The van der Waals surface area contributed by atoms with Gasteiger partial charge in [0.1, 0.15) is 56.3 Å². The minimum Gasteiger partial charge on any atom is -0.574 e. The fraction of sp³-hybridized carbons (Fsp3) is 0.451. The molecule has 0 amide bonds. The number of aromatic nitrogens is 32. The smallest absolute Gasteiger partial charge is 0.574 e. The Morgan fingerprint density at radius 2 is 0.562 bits per heavy atom. The third-order valence-electron chi connectivity index (χ3n) is 27.8. The summed E-state index contributed by atoms with van der Waals surface area (Å²) in [6.07, 6.45) is 19.3. The Hall–Kier alpha value is -11.7. The van der Waals surface area contributed by atoms with Gasteiger partial charge in [-0.05, 0) is 187 Å². The van der Waals surface area contributed by atoms with Crippen molar-refractivity contribution in [1.82, 2.24) is 161 Å². The molecule has 16 heterocycles. The van der Waals surface area contributed by atoms with Crippen molar-refractivity contribution in [2.24, 2.45) is 10.8 Å². The van der Waals surface area contributed by atoms with Crippen molar-refractivity contribution >= 4 is 0 Å². The van der Waals surface area contributed by atoms with Gasteiger partial charge in [0.2, 0.25) is 17.6 Å². The normalized spacial score (nSPS) is 17.6. The third-order valence-corrected chi connectivity index (χ3v) is 27.8. The molecule has 144 heavy (non-hydrogen) atoms. The molecule has 42 heteroatoms. The first-order chi connectivity index (χ1) is 66.3. The van der Waals surface area contributed by atoms with Crippen molar-refractivity contribution in [3.05, 3.63) is 220 Å². The molecule has 0 aliphatic heterocycles. The number of hydrogen-bond donors (Lipinski definition) is 0. The zero-order valence-corrected chi connectivity index (χ0v) is 94.3. The van der Waals surface area contributed by atoms with Crippen LogP contribution in [0.4, 0.5) is 13.2 Å².